The van der Waals surface area contributed by atoms with E-state index in [9.17, 15) is 26.7 Å². The number of aliphatic imine (C=N–C) groups is 1. The quantitative estimate of drug-likeness (QED) is 0.564. The summed E-state index contributed by atoms with van der Waals surface area (Å²) in [5.74, 6) is 0.919. The van der Waals surface area contributed by atoms with Crippen LogP contribution in [0, 0.1) is 0 Å². The van der Waals surface area contributed by atoms with Crippen molar-refractivity contribution in [2.45, 2.75) is 54.8 Å². The Balaban J connectivity index is 1.55. The lowest BCUT2D eigenvalue weighted by atomic mass is 9.95. The van der Waals surface area contributed by atoms with Crippen molar-refractivity contribution in [3.63, 3.8) is 0 Å². The number of halogens is 3. The molecule has 2 amide bonds. The maximum atomic E-state index is 13.5. The van der Waals surface area contributed by atoms with Crippen LogP contribution in [0.5, 0.6) is 5.75 Å². The first kappa shape index (κ1) is 25.7. The molecular formula is C25H27F3N4O4S. The number of urea groups is 1. The summed E-state index contributed by atoms with van der Waals surface area (Å²) < 4.78 is 73.3. The van der Waals surface area contributed by atoms with Gasteiger partial charge in [-0.05, 0) is 43.5 Å². The van der Waals surface area contributed by atoms with E-state index in [4.69, 9.17) is 9.73 Å². The average molecular weight is 537 g/mol. The molecule has 3 fully saturated rings. The zero-order valence-corrected chi connectivity index (χ0v) is 21.0. The summed E-state index contributed by atoms with van der Waals surface area (Å²) in [6.07, 6.45) is -0.645. The van der Waals surface area contributed by atoms with Crippen LogP contribution in [0.2, 0.25) is 0 Å². The first-order valence-corrected chi connectivity index (χ1v) is 13.5. The summed E-state index contributed by atoms with van der Waals surface area (Å²) >= 11 is 0. The third-order valence-electron chi connectivity index (χ3n) is 7.26. The van der Waals surface area contributed by atoms with Gasteiger partial charge in [0.15, 0.2) is 15.3 Å². The Morgan fingerprint density at radius 3 is 2.59 bits per heavy atom. The largest absolute Gasteiger partial charge is 0.593 e. The molecule has 2 aromatic rings. The molecule has 2 aliphatic heterocycles. The summed E-state index contributed by atoms with van der Waals surface area (Å²) in [6.45, 7) is -0.134. The summed E-state index contributed by atoms with van der Waals surface area (Å²) in [5.41, 5.74) is -1.66. The third kappa shape index (κ3) is 4.62. The molecule has 2 atom stereocenters. The van der Waals surface area contributed by atoms with Crippen molar-refractivity contribution in [2.24, 2.45) is 4.99 Å². The summed E-state index contributed by atoms with van der Waals surface area (Å²) in [4.78, 5) is 19.2. The fourth-order valence-corrected chi connectivity index (χ4v) is 6.92. The Morgan fingerprint density at radius 1 is 1.16 bits per heavy atom. The topological polar surface area (TPSA) is 97.3 Å². The van der Waals surface area contributed by atoms with Crippen LogP contribution in [-0.4, -0.2) is 52.5 Å². The average Bonchev–Trinajstić information content (AvgIpc) is 3.60. The zero-order valence-electron chi connectivity index (χ0n) is 20.2. The molecule has 0 radical (unpaired) electrons. The second kappa shape index (κ2) is 9.41. The monoisotopic (exact) mass is 536 g/mol. The molecule has 8 nitrogen and oxygen atoms in total. The molecule has 1 N–H and O–H groups in total. The fraction of sp³-hybridized carbons (Fsp3) is 0.440. The number of alkyl halides is 3. The van der Waals surface area contributed by atoms with Gasteiger partial charge in [0.2, 0.25) is 0 Å². The van der Waals surface area contributed by atoms with Crippen molar-refractivity contribution in [1.29, 1.82) is 0 Å². The smallest absolute Gasteiger partial charge is 0.416 e. The molecule has 3 aliphatic rings. The number of amidine groups is 1. The van der Waals surface area contributed by atoms with Crippen LogP contribution in [0.3, 0.4) is 0 Å². The highest BCUT2D eigenvalue weighted by Crippen LogP contribution is 2.42. The maximum absolute atomic E-state index is 13.5. The summed E-state index contributed by atoms with van der Waals surface area (Å²) in [7, 11) is -2.78. The van der Waals surface area contributed by atoms with Crippen molar-refractivity contribution in [1.82, 2.24) is 9.62 Å². The van der Waals surface area contributed by atoms with Crippen LogP contribution in [-0.2, 0) is 20.8 Å². The molecule has 0 bridgehead atoms. The molecular weight excluding hydrogens is 509 g/mol. The Kier molecular flexibility index (Phi) is 6.53. The van der Waals surface area contributed by atoms with E-state index in [1.807, 2.05) is 0 Å². The number of hydrogen-bond acceptors (Lipinski definition) is 5. The van der Waals surface area contributed by atoms with Gasteiger partial charge in [0.05, 0.1) is 30.9 Å². The Hall–Kier alpha value is -2.96. The molecule has 0 aromatic heterocycles. The van der Waals surface area contributed by atoms with Crippen molar-refractivity contribution < 1.29 is 31.5 Å². The van der Waals surface area contributed by atoms with Crippen molar-refractivity contribution in [3.8, 4) is 5.75 Å². The van der Waals surface area contributed by atoms with E-state index in [-0.39, 0.29) is 25.6 Å². The lowest BCUT2D eigenvalue weighted by molar-refractivity contribution is -0.137. The molecule has 1 aliphatic carbocycles. The molecule has 198 valence electrons. The third-order valence-corrected chi connectivity index (χ3v) is 9.10. The molecule has 5 rings (SSSR count). The van der Waals surface area contributed by atoms with Crippen LogP contribution in [0.25, 0.3) is 0 Å². The number of sulfonamides is 1. The predicted octanol–water partition coefficient (Wildman–Crippen LogP) is 4.63. The summed E-state index contributed by atoms with van der Waals surface area (Å²) in [5, 5.41) is 2.87. The van der Waals surface area contributed by atoms with Crippen LogP contribution < -0.4 is 15.0 Å². The van der Waals surface area contributed by atoms with Gasteiger partial charge in [-0.15, -0.1) is 4.31 Å². The number of nitrogens with zero attached hydrogens (tertiary/aromatic N) is 3. The lowest BCUT2D eigenvalue weighted by Crippen LogP contribution is -2.53. The first-order chi connectivity index (χ1) is 17.5. The van der Waals surface area contributed by atoms with Gasteiger partial charge in [0, 0.05) is 18.7 Å². The second-order valence-electron chi connectivity index (χ2n) is 9.53. The van der Waals surface area contributed by atoms with Crippen molar-refractivity contribution in [2.75, 3.05) is 25.1 Å². The molecule has 37 heavy (non-hydrogen) atoms. The lowest BCUT2D eigenvalue weighted by Gasteiger charge is -2.34. The number of amides is 2. The fourth-order valence-electron chi connectivity index (χ4n) is 5.38. The van der Waals surface area contributed by atoms with Gasteiger partial charge in [0.25, 0.3) is 0 Å². The van der Waals surface area contributed by atoms with E-state index in [2.05, 4.69) is 5.32 Å². The number of hydrogen-bond donors (Lipinski definition) is 1. The molecule has 2 aromatic carbocycles. The first-order valence-electron chi connectivity index (χ1n) is 12.1. The summed E-state index contributed by atoms with van der Waals surface area (Å²) in [6, 6.07) is 10.2. The van der Waals surface area contributed by atoms with Crippen LogP contribution in [0.1, 0.15) is 37.7 Å². The van der Waals surface area contributed by atoms with Crippen LogP contribution >= 0.6 is 0 Å². The Morgan fingerprint density at radius 2 is 1.89 bits per heavy atom. The normalized spacial score (nSPS) is 25.7. The van der Waals surface area contributed by atoms with E-state index >= 15 is 0 Å². The number of ether oxygens (including phenoxy) is 1. The van der Waals surface area contributed by atoms with Gasteiger partial charge in [-0.1, -0.05) is 29.2 Å². The predicted molar refractivity (Wildman–Crippen MR) is 131 cm³/mol. The van der Waals surface area contributed by atoms with Gasteiger partial charge in [-0.25, -0.2) is 4.79 Å². The minimum atomic E-state index is -4.68. The van der Waals surface area contributed by atoms with Crippen LogP contribution in [0.4, 0.5) is 23.7 Å². The minimum Gasteiger partial charge on any atom is -0.593 e. The number of rotatable bonds is 5. The van der Waals surface area contributed by atoms with E-state index < -0.39 is 38.6 Å². The second-order valence-corrected chi connectivity index (χ2v) is 11.5. The number of carbonyl (C=O) groups excluding carboxylic acids is 1. The van der Waals surface area contributed by atoms with E-state index in [1.165, 1.54) is 12.0 Å². The Bertz CT molecular complexity index is 1280. The number of methoxy groups -OCH3 is 1. The van der Waals surface area contributed by atoms with Crippen molar-refractivity contribution in [3.05, 3.63) is 54.1 Å². The molecule has 2 heterocycles. The van der Waals surface area contributed by atoms with Gasteiger partial charge < -0.3 is 9.29 Å². The molecule has 2 unspecified atom stereocenters. The van der Waals surface area contributed by atoms with Gasteiger partial charge in [-0.2, -0.15) is 13.2 Å². The van der Waals surface area contributed by atoms with Gasteiger partial charge in [-0.3, -0.25) is 15.2 Å². The van der Waals surface area contributed by atoms with Crippen LogP contribution in [0.15, 0.2) is 58.4 Å². The number of carbonyl (C=O) groups is 1. The SMILES string of the molecule is COc1cccc(N2C(=O)NC(=NC3CCCC3)C23CCN([S+](=O)([O-])c2cccc(C(F)(F)F)c2)C3)c1. The number of benzene rings is 2. The molecule has 1 spiro atoms. The van der Waals surface area contributed by atoms with Crippen molar-refractivity contribution >= 4 is 28.0 Å². The van der Waals surface area contributed by atoms with E-state index in [0.717, 1.165) is 48.2 Å². The Labute approximate surface area is 213 Å². The highest BCUT2D eigenvalue weighted by atomic mass is 32.3. The standard InChI is InChI=1S/C25H27F3N4O4S/c1-36-20-10-5-9-19(15-20)32-23(33)30-22(29-18-7-2-3-8-18)24(32)12-13-31(16-24)37(34,35)21-11-4-6-17(14-21)25(26,27)28/h4-6,9-11,14-15,18H,2-3,7-8,12-13,16H2,1H3,(H-,29,30,33,34,35). The number of anilines is 1. The van der Waals surface area contributed by atoms with E-state index in [1.54, 1.807) is 24.3 Å². The maximum Gasteiger partial charge on any atom is 0.416 e. The van der Waals surface area contributed by atoms with Gasteiger partial charge >= 0.3 is 12.2 Å². The molecule has 2 saturated heterocycles. The number of nitrogens with one attached hydrogen (secondary N) is 1. The zero-order chi connectivity index (χ0) is 26.4. The van der Waals surface area contributed by atoms with Gasteiger partial charge in [0.1, 0.15) is 17.1 Å². The minimum absolute atomic E-state index is 0.0116. The molecule has 1 saturated carbocycles. The van der Waals surface area contributed by atoms with E-state index in [0.29, 0.717) is 23.3 Å². The highest BCUT2D eigenvalue weighted by molar-refractivity contribution is 7.95. The highest BCUT2D eigenvalue weighted by Gasteiger charge is 2.59. The molecule has 12 heteroatoms.